The van der Waals surface area contributed by atoms with Crippen LogP contribution in [0.3, 0.4) is 0 Å². The smallest absolute Gasteiger partial charge is 0.0493 e. The van der Waals surface area contributed by atoms with E-state index in [1.165, 1.54) is 12.8 Å². The standard InChI is InChI=1S/C11H21ClO/c1-8(2)11-5-4-10(12)6-9(11)7-13-3/h8-11H,4-7H2,1-3H3. The van der Waals surface area contributed by atoms with Crippen LogP contribution in [0.25, 0.3) is 0 Å². The summed E-state index contributed by atoms with van der Waals surface area (Å²) in [5.74, 6) is 2.26. The van der Waals surface area contributed by atoms with Gasteiger partial charge in [-0.3, -0.25) is 0 Å². The first-order valence-electron chi connectivity index (χ1n) is 5.28. The molecule has 0 bridgehead atoms. The summed E-state index contributed by atoms with van der Waals surface area (Å²) in [5, 5.41) is 0.384. The first-order valence-corrected chi connectivity index (χ1v) is 5.71. The molecule has 1 aliphatic carbocycles. The van der Waals surface area contributed by atoms with Gasteiger partial charge in [0.05, 0.1) is 0 Å². The molecule has 0 spiro atoms. The molecule has 1 rings (SSSR count). The van der Waals surface area contributed by atoms with Crippen LogP contribution in [0.15, 0.2) is 0 Å². The zero-order valence-corrected chi connectivity index (χ0v) is 9.68. The van der Waals surface area contributed by atoms with Gasteiger partial charge in [-0.1, -0.05) is 13.8 Å². The van der Waals surface area contributed by atoms with Crippen molar-refractivity contribution < 1.29 is 4.74 Å². The minimum absolute atomic E-state index is 0.384. The molecule has 1 aliphatic rings. The molecule has 1 saturated carbocycles. The Morgan fingerprint density at radius 2 is 2.08 bits per heavy atom. The molecule has 0 aromatic rings. The molecule has 0 N–H and O–H groups in total. The molecule has 0 aliphatic heterocycles. The maximum atomic E-state index is 6.16. The van der Waals surface area contributed by atoms with Gasteiger partial charge in [0.15, 0.2) is 0 Å². The highest BCUT2D eigenvalue weighted by Crippen LogP contribution is 2.37. The van der Waals surface area contributed by atoms with Crippen molar-refractivity contribution >= 4 is 11.6 Å². The van der Waals surface area contributed by atoms with Crippen LogP contribution in [0.2, 0.25) is 0 Å². The molecule has 1 fully saturated rings. The summed E-state index contributed by atoms with van der Waals surface area (Å²) in [4.78, 5) is 0. The lowest BCUT2D eigenvalue weighted by Crippen LogP contribution is -2.31. The monoisotopic (exact) mass is 204 g/mol. The lowest BCUT2D eigenvalue weighted by atomic mass is 9.74. The van der Waals surface area contributed by atoms with Crippen molar-refractivity contribution in [2.24, 2.45) is 17.8 Å². The average molecular weight is 205 g/mol. The second-order valence-electron chi connectivity index (χ2n) is 4.53. The fraction of sp³-hybridized carbons (Fsp3) is 1.00. The zero-order chi connectivity index (χ0) is 9.84. The summed E-state index contributed by atoms with van der Waals surface area (Å²) in [6.07, 6.45) is 3.60. The minimum Gasteiger partial charge on any atom is -0.384 e. The maximum Gasteiger partial charge on any atom is 0.0493 e. The van der Waals surface area contributed by atoms with E-state index in [-0.39, 0.29) is 0 Å². The van der Waals surface area contributed by atoms with E-state index in [1.807, 2.05) is 0 Å². The Morgan fingerprint density at radius 3 is 2.62 bits per heavy atom. The maximum absolute atomic E-state index is 6.16. The van der Waals surface area contributed by atoms with Crippen LogP contribution in [0, 0.1) is 17.8 Å². The molecule has 0 aromatic carbocycles. The van der Waals surface area contributed by atoms with Crippen molar-refractivity contribution in [3.05, 3.63) is 0 Å². The Balaban J connectivity index is 2.50. The fourth-order valence-electron chi connectivity index (χ4n) is 2.51. The van der Waals surface area contributed by atoms with E-state index in [4.69, 9.17) is 16.3 Å². The molecule has 0 amide bonds. The topological polar surface area (TPSA) is 9.23 Å². The third kappa shape index (κ3) is 3.14. The highest BCUT2D eigenvalue weighted by Gasteiger charge is 2.31. The Bertz CT molecular complexity index is 147. The van der Waals surface area contributed by atoms with E-state index < -0.39 is 0 Å². The summed E-state index contributed by atoms with van der Waals surface area (Å²) in [7, 11) is 1.79. The quantitative estimate of drug-likeness (QED) is 0.641. The highest BCUT2D eigenvalue weighted by atomic mass is 35.5. The first kappa shape index (κ1) is 11.3. The van der Waals surface area contributed by atoms with Crippen molar-refractivity contribution in [1.82, 2.24) is 0 Å². The summed E-state index contributed by atoms with van der Waals surface area (Å²) in [5.41, 5.74) is 0. The van der Waals surface area contributed by atoms with Gasteiger partial charge in [-0.25, -0.2) is 0 Å². The lowest BCUT2D eigenvalue weighted by molar-refractivity contribution is 0.0756. The predicted molar refractivity (Wildman–Crippen MR) is 57.2 cm³/mol. The largest absolute Gasteiger partial charge is 0.384 e. The molecule has 13 heavy (non-hydrogen) atoms. The van der Waals surface area contributed by atoms with Gasteiger partial charge < -0.3 is 4.74 Å². The van der Waals surface area contributed by atoms with Gasteiger partial charge in [0, 0.05) is 19.1 Å². The van der Waals surface area contributed by atoms with Crippen LogP contribution in [0.5, 0.6) is 0 Å². The molecular weight excluding hydrogens is 184 g/mol. The van der Waals surface area contributed by atoms with Crippen molar-refractivity contribution in [2.45, 2.75) is 38.5 Å². The van der Waals surface area contributed by atoms with Crippen molar-refractivity contribution in [3.63, 3.8) is 0 Å². The van der Waals surface area contributed by atoms with Gasteiger partial charge >= 0.3 is 0 Å². The number of hydrogen-bond donors (Lipinski definition) is 0. The predicted octanol–water partition coefficient (Wildman–Crippen LogP) is 3.31. The van der Waals surface area contributed by atoms with E-state index in [0.29, 0.717) is 11.3 Å². The summed E-state index contributed by atoms with van der Waals surface area (Å²) < 4.78 is 5.25. The van der Waals surface area contributed by atoms with Crippen LogP contribution in [-0.2, 0) is 4.74 Å². The lowest BCUT2D eigenvalue weighted by Gasteiger charge is -2.36. The third-order valence-electron chi connectivity index (χ3n) is 3.21. The Morgan fingerprint density at radius 1 is 1.38 bits per heavy atom. The molecule has 78 valence electrons. The molecular formula is C11H21ClO. The molecule has 0 radical (unpaired) electrons. The third-order valence-corrected chi connectivity index (χ3v) is 3.61. The van der Waals surface area contributed by atoms with Gasteiger partial charge in [0.1, 0.15) is 0 Å². The number of rotatable bonds is 3. The normalized spacial score (nSPS) is 35.3. The van der Waals surface area contributed by atoms with Crippen LogP contribution < -0.4 is 0 Å². The van der Waals surface area contributed by atoms with Gasteiger partial charge in [0.25, 0.3) is 0 Å². The van der Waals surface area contributed by atoms with Gasteiger partial charge in [-0.2, -0.15) is 0 Å². The van der Waals surface area contributed by atoms with Crippen molar-refractivity contribution in [2.75, 3.05) is 13.7 Å². The molecule has 0 saturated heterocycles. The number of methoxy groups -OCH3 is 1. The second-order valence-corrected chi connectivity index (χ2v) is 5.15. The molecule has 0 heterocycles. The van der Waals surface area contributed by atoms with E-state index in [9.17, 15) is 0 Å². The Hall–Kier alpha value is 0.250. The SMILES string of the molecule is COCC1CC(Cl)CCC1C(C)C. The summed E-state index contributed by atoms with van der Waals surface area (Å²) in [6.45, 7) is 5.50. The van der Waals surface area contributed by atoms with E-state index in [0.717, 1.165) is 24.9 Å². The Labute approximate surface area is 86.8 Å². The Kier molecular flexibility index (Phi) is 4.54. The average Bonchev–Trinajstić information content (AvgIpc) is 2.04. The molecule has 0 aromatic heterocycles. The number of hydrogen-bond acceptors (Lipinski definition) is 1. The zero-order valence-electron chi connectivity index (χ0n) is 8.92. The van der Waals surface area contributed by atoms with E-state index >= 15 is 0 Å². The summed E-state index contributed by atoms with van der Waals surface area (Å²) >= 11 is 6.16. The van der Waals surface area contributed by atoms with E-state index in [1.54, 1.807) is 7.11 Å². The summed E-state index contributed by atoms with van der Waals surface area (Å²) in [6, 6.07) is 0. The van der Waals surface area contributed by atoms with Crippen LogP contribution in [0.1, 0.15) is 33.1 Å². The number of ether oxygens (including phenoxy) is 1. The number of alkyl halides is 1. The van der Waals surface area contributed by atoms with Gasteiger partial charge in [0.2, 0.25) is 0 Å². The molecule has 2 heteroatoms. The van der Waals surface area contributed by atoms with Gasteiger partial charge in [-0.15, -0.1) is 11.6 Å². The molecule has 1 nitrogen and oxygen atoms in total. The fourth-order valence-corrected chi connectivity index (χ4v) is 2.87. The van der Waals surface area contributed by atoms with Crippen LogP contribution in [0.4, 0.5) is 0 Å². The van der Waals surface area contributed by atoms with E-state index in [2.05, 4.69) is 13.8 Å². The van der Waals surface area contributed by atoms with Crippen LogP contribution in [-0.4, -0.2) is 19.1 Å². The van der Waals surface area contributed by atoms with Crippen molar-refractivity contribution in [1.29, 1.82) is 0 Å². The molecule has 3 unspecified atom stereocenters. The molecule has 3 atom stereocenters. The number of halogens is 1. The van der Waals surface area contributed by atoms with Crippen LogP contribution >= 0.6 is 11.6 Å². The van der Waals surface area contributed by atoms with Gasteiger partial charge in [-0.05, 0) is 37.0 Å². The van der Waals surface area contributed by atoms with Crippen molar-refractivity contribution in [3.8, 4) is 0 Å². The minimum atomic E-state index is 0.384. The first-order chi connectivity index (χ1) is 6.15. The highest BCUT2D eigenvalue weighted by molar-refractivity contribution is 6.20. The second kappa shape index (κ2) is 5.21.